The Balaban J connectivity index is 2.32. The first kappa shape index (κ1) is 28.2. The predicted molar refractivity (Wildman–Crippen MR) is 135 cm³/mol. The van der Waals surface area contributed by atoms with E-state index in [1.165, 1.54) is 11.9 Å². The Morgan fingerprint density at radius 1 is 1.00 bits per heavy atom. The van der Waals surface area contributed by atoms with Gasteiger partial charge in [-0.3, -0.25) is 14.4 Å². The van der Waals surface area contributed by atoms with Crippen molar-refractivity contribution in [3.63, 3.8) is 0 Å². The Morgan fingerprint density at radius 3 is 2.14 bits per heavy atom. The van der Waals surface area contributed by atoms with Crippen LogP contribution < -0.4 is 21.1 Å². The summed E-state index contributed by atoms with van der Waals surface area (Å²) in [6, 6.07) is 13.3. The molecule has 0 fully saturated rings. The highest BCUT2D eigenvalue weighted by atomic mass is 16.6. The first-order valence-corrected chi connectivity index (χ1v) is 11.5. The number of carbonyl (C=O) groups is 4. The molecule has 4 N–H and O–H groups in total. The first-order chi connectivity index (χ1) is 16.9. The van der Waals surface area contributed by atoms with E-state index in [0.29, 0.717) is 17.0 Å². The van der Waals surface area contributed by atoms with Crippen LogP contribution in [0.25, 0.3) is 0 Å². The monoisotopic (exact) mass is 498 g/mol. The molecule has 2 atom stereocenters. The number of hydrogen-bond acceptors (Lipinski definition) is 6. The summed E-state index contributed by atoms with van der Waals surface area (Å²) in [5.74, 6) is -1.04. The Hall–Kier alpha value is -4.08. The highest BCUT2D eigenvalue weighted by Crippen LogP contribution is 2.24. The number of methoxy groups -OCH3 is 1. The van der Waals surface area contributed by atoms with Gasteiger partial charge in [-0.05, 0) is 57.0 Å². The molecule has 0 aliphatic rings. The van der Waals surface area contributed by atoms with Gasteiger partial charge in [-0.25, -0.2) is 4.79 Å². The van der Waals surface area contributed by atoms with Crippen LogP contribution in [-0.2, 0) is 19.1 Å². The number of carbonyl (C=O) groups excluding carboxylic acids is 4. The van der Waals surface area contributed by atoms with E-state index in [9.17, 15) is 19.2 Å². The third-order valence-corrected chi connectivity index (χ3v) is 5.12. The molecule has 4 amide bonds. The van der Waals surface area contributed by atoms with Gasteiger partial charge in [0, 0.05) is 19.2 Å². The molecule has 0 bridgehead atoms. The molecule has 10 nitrogen and oxygen atoms in total. The molecule has 2 unspecified atom stereocenters. The Labute approximate surface area is 211 Å². The van der Waals surface area contributed by atoms with Crippen LogP contribution in [0.5, 0.6) is 5.75 Å². The Morgan fingerprint density at radius 2 is 1.61 bits per heavy atom. The molecule has 0 aliphatic heterocycles. The van der Waals surface area contributed by atoms with E-state index < -0.39 is 41.5 Å². The average molecular weight is 499 g/mol. The molecule has 0 saturated carbocycles. The van der Waals surface area contributed by atoms with Crippen molar-refractivity contribution in [1.29, 1.82) is 0 Å². The van der Waals surface area contributed by atoms with Crippen LogP contribution in [0.15, 0.2) is 54.6 Å². The molecular weight excluding hydrogens is 464 g/mol. The summed E-state index contributed by atoms with van der Waals surface area (Å²) in [6.07, 6.45) is -1.02. The molecule has 194 valence electrons. The number of nitrogens with one attached hydrogen (secondary N) is 2. The van der Waals surface area contributed by atoms with E-state index in [4.69, 9.17) is 15.2 Å². The second-order valence-corrected chi connectivity index (χ2v) is 9.18. The lowest BCUT2D eigenvalue weighted by molar-refractivity contribution is -0.139. The van der Waals surface area contributed by atoms with E-state index in [-0.39, 0.29) is 12.8 Å². The van der Waals surface area contributed by atoms with Gasteiger partial charge in [0.05, 0.1) is 7.11 Å². The number of nitrogens with two attached hydrogens (primary N) is 1. The quantitative estimate of drug-likeness (QED) is 0.460. The van der Waals surface area contributed by atoms with Crippen LogP contribution in [0.4, 0.5) is 10.5 Å². The number of likely N-dealkylation sites (N-methyl/N-ethyl adjacent to an activating group) is 1. The SMILES string of the molecule is COc1ccc(NC(=O)C(c2ccccc2)N(C)C(=O)C(CCC(N)=O)NC(=O)OC(C)(C)C)cc1. The van der Waals surface area contributed by atoms with Gasteiger partial charge in [0.25, 0.3) is 5.91 Å². The minimum absolute atomic E-state index is 0.0562. The van der Waals surface area contributed by atoms with Crippen LogP contribution in [0.3, 0.4) is 0 Å². The molecular formula is C26H34N4O6. The maximum atomic E-state index is 13.5. The molecule has 10 heteroatoms. The molecule has 0 radical (unpaired) electrons. The van der Waals surface area contributed by atoms with Gasteiger partial charge in [0.15, 0.2) is 0 Å². The van der Waals surface area contributed by atoms with Crippen LogP contribution in [0.2, 0.25) is 0 Å². The number of rotatable bonds is 10. The largest absolute Gasteiger partial charge is 0.497 e. The fourth-order valence-electron chi connectivity index (χ4n) is 3.44. The molecule has 2 rings (SSSR count). The van der Waals surface area contributed by atoms with Crippen LogP contribution in [0.1, 0.15) is 45.2 Å². The van der Waals surface area contributed by atoms with Crippen molar-refractivity contribution in [1.82, 2.24) is 10.2 Å². The van der Waals surface area contributed by atoms with Gasteiger partial charge in [0.2, 0.25) is 11.8 Å². The number of nitrogens with zero attached hydrogens (tertiary/aromatic N) is 1. The molecule has 2 aromatic rings. The molecule has 2 aromatic carbocycles. The predicted octanol–water partition coefficient (Wildman–Crippen LogP) is 2.99. The van der Waals surface area contributed by atoms with Crippen molar-refractivity contribution in [2.75, 3.05) is 19.5 Å². The number of primary amides is 1. The smallest absolute Gasteiger partial charge is 0.408 e. The highest BCUT2D eigenvalue weighted by Gasteiger charge is 2.34. The van der Waals surface area contributed by atoms with Gasteiger partial charge in [-0.15, -0.1) is 0 Å². The summed E-state index contributed by atoms with van der Waals surface area (Å²) in [5, 5.41) is 5.33. The zero-order valence-electron chi connectivity index (χ0n) is 21.2. The minimum Gasteiger partial charge on any atom is -0.497 e. The van der Waals surface area contributed by atoms with E-state index in [1.807, 2.05) is 0 Å². The van der Waals surface area contributed by atoms with Crippen molar-refractivity contribution in [3.05, 3.63) is 60.2 Å². The molecule has 0 heterocycles. The zero-order valence-corrected chi connectivity index (χ0v) is 21.2. The number of benzene rings is 2. The van der Waals surface area contributed by atoms with Crippen molar-refractivity contribution < 1.29 is 28.7 Å². The third kappa shape index (κ3) is 8.61. The van der Waals surface area contributed by atoms with Crippen molar-refractivity contribution >= 4 is 29.5 Å². The maximum absolute atomic E-state index is 13.5. The number of alkyl carbamates (subject to hydrolysis) is 1. The number of hydrogen-bond donors (Lipinski definition) is 3. The second kappa shape index (κ2) is 12.6. The average Bonchev–Trinajstić information content (AvgIpc) is 2.81. The standard InChI is InChI=1S/C26H34N4O6/c1-26(2,3)36-25(34)29-20(15-16-21(27)31)24(33)30(4)22(17-9-7-6-8-10-17)23(32)28-18-11-13-19(35-5)14-12-18/h6-14,20,22H,15-16H2,1-5H3,(H2,27,31)(H,28,32)(H,29,34). The molecule has 0 aromatic heterocycles. The third-order valence-electron chi connectivity index (χ3n) is 5.12. The Bertz CT molecular complexity index is 1050. The van der Waals surface area contributed by atoms with Crippen LogP contribution in [0, 0.1) is 0 Å². The Kier molecular flexibility index (Phi) is 9.83. The van der Waals surface area contributed by atoms with Gasteiger partial charge in [-0.1, -0.05) is 30.3 Å². The van der Waals surface area contributed by atoms with Crippen molar-refractivity contribution in [2.24, 2.45) is 5.73 Å². The molecule has 0 saturated heterocycles. The molecule has 0 aliphatic carbocycles. The van der Waals surface area contributed by atoms with E-state index in [1.54, 1.807) is 82.5 Å². The van der Waals surface area contributed by atoms with E-state index in [0.717, 1.165) is 0 Å². The number of ether oxygens (including phenoxy) is 2. The fourth-order valence-corrected chi connectivity index (χ4v) is 3.44. The van der Waals surface area contributed by atoms with E-state index >= 15 is 0 Å². The normalized spacial score (nSPS) is 12.6. The van der Waals surface area contributed by atoms with Gasteiger partial charge >= 0.3 is 6.09 Å². The summed E-state index contributed by atoms with van der Waals surface area (Å²) in [6.45, 7) is 5.07. The zero-order chi connectivity index (χ0) is 26.9. The summed E-state index contributed by atoms with van der Waals surface area (Å²) in [5.41, 5.74) is 5.55. The minimum atomic E-state index is -1.14. The summed E-state index contributed by atoms with van der Waals surface area (Å²) in [4.78, 5) is 51.9. The van der Waals surface area contributed by atoms with Crippen molar-refractivity contribution in [2.45, 2.75) is 51.3 Å². The van der Waals surface area contributed by atoms with Gasteiger partial charge < -0.3 is 30.7 Å². The summed E-state index contributed by atoms with van der Waals surface area (Å²) < 4.78 is 10.4. The fraction of sp³-hybridized carbons (Fsp3) is 0.385. The van der Waals surface area contributed by atoms with Crippen molar-refractivity contribution in [3.8, 4) is 5.75 Å². The lowest BCUT2D eigenvalue weighted by Gasteiger charge is -2.31. The topological polar surface area (TPSA) is 140 Å². The molecule has 0 spiro atoms. The lowest BCUT2D eigenvalue weighted by Crippen LogP contribution is -2.51. The van der Waals surface area contributed by atoms with Crippen LogP contribution >= 0.6 is 0 Å². The summed E-state index contributed by atoms with van der Waals surface area (Å²) in [7, 11) is 3.00. The first-order valence-electron chi connectivity index (χ1n) is 11.5. The van der Waals surface area contributed by atoms with Gasteiger partial charge in [-0.2, -0.15) is 0 Å². The van der Waals surface area contributed by atoms with Gasteiger partial charge in [0.1, 0.15) is 23.4 Å². The van der Waals surface area contributed by atoms with E-state index in [2.05, 4.69) is 10.6 Å². The second-order valence-electron chi connectivity index (χ2n) is 9.18. The number of amides is 4. The number of anilines is 1. The van der Waals surface area contributed by atoms with Crippen LogP contribution in [-0.4, -0.2) is 54.5 Å². The highest BCUT2D eigenvalue weighted by molar-refractivity contribution is 5.99. The summed E-state index contributed by atoms with van der Waals surface area (Å²) >= 11 is 0. The lowest BCUT2D eigenvalue weighted by atomic mass is 10.0. The molecule has 36 heavy (non-hydrogen) atoms. The maximum Gasteiger partial charge on any atom is 0.408 e.